The van der Waals surface area contributed by atoms with Gasteiger partial charge in [-0.2, -0.15) is 5.10 Å². The molecule has 3 rings (SSSR count). The Morgan fingerprint density at radius 2 is 1.96 bits per heavy atom. The molecule has 0 atom stereocenters. The van der Waals surface area contributed by atoms with Crippen molar-refractivity contribution >= 4 is 11.7 Å². The molecule has 1 N–H and O–H groups in total. The van der Waals surface area contributed by atoms with Gasteiger partial charge >= 0.3 is 0 Å². The second kappa shape index (κ2) is 7.30. The van der Waals surface area contributed by atoms with Crippen molar-refractivity contribution in [1.82, 2.24) is 14.8 Å². The van der Waals surface area contributed by atoms with Crippen molar-refractivity contribution in [2.75, 3.05) is 5.32 Å². The third-order valence-electron chi connectivity index (χ3n) is 4.10. The lowest BCUT2D eigenvalue weighted by Gasteiger charge is -2.08. The Bertz CT molecular complexity index is 898. The van der Waals surface area contributed by atoms with E-state index in [1.807, 2.05) is 61.0 Å². The van der Waals surface area contributed by atoms with Crippen molar-refractivity contribution in [3.8, 4) is 0 Å². The molecule has 2 aromatic heterocycles. The SMILES string of the molecule is CCc1ccnc(NC(=O)c2cccc(Cn3nc(C)cc3C)c2)c1. The largest absolute Gasteiger partial charge is 0.307 e. The molecular formula is C20H22N4O. The Balaban J connectivity index is 1.76. The third-order valence-corrected chi connectivity index (χ3v) is 4.10. The van der Waals surface area contributed by atoms with Crippen LogP contribution in [0.3, 0.4) is 0 Å². The average Bonchev–Trinajstić information content (AvgIpc) is 2.92. The first-order valence-corrected chi connectivity index (χ1v) is 8.41. The van der Waals surface area contributed by atoms with Gasteiger partial charge in [-0.05, 0) is 61.7 Å². The van der Waals surface area contributed by atoms with Gasteiger partial charge in [-0.1, -0.05) is 19.1 Å². The summed E-state index contributed by atoms with van der Waals surface area (Å²) in [5, 5.41) is 7.34. The summed E-state index contributed by atoms with van der Waals surface area (Å²) in [5.74, 6) is 0.421. The molecule has 0 aliphatic rings. The summed E-state index contributed by atoms with van der Waals surface area (Å²) >= 11 is 0. The summed E-state index contributed by atoms with van der Waals surface area (Å²) in [4.78, 5) is 16.7. The van der Waals surface area contributed by atoms with Gasteiger partial charge in [-0.15, -0.1) is 0 Å². The van der Waals surface area contributed by atoms with Crippen molar-refractivity contribution in [2.45, 2.75) is 33.7 Å². The highest BCUT2D eigenvalue weighted by atomic mass is 16.1. The molecule has 0 spiro atoms. The first-order valence-electron chi connectivity index (χ1n) is 8.41. The number of aromatic nitrogens is 3. The van der Waals surface area contributed by atoms with Crippen LogP contribution in [0.1, 0.15) is 39.8 Å². The van der Waals surface area contributed by atoms with Crippen LogP contribution in [-0.4, -0.2) is 20.7 Å². The highest BCUT2D eigenvalue weighted by molar-refractivity contribution is 6.03. The molecule has 0 saturated heterocycles. The Kier molecular flexibility index (Phi) is 4.93. The number of carbonyl (C=O) groups excluding carboxylic acids is 1. The highest BCUT2D eigenvalue weighted by Gasteiger charge is 2.09. The van der Waals surface area contributed by atoms with Gasteiger partial charge in [0.1, 0.15) is 5.82 Å². The molecule has 5 nitrogen and oxygen atoms in total. The lowest BCUT2D eigenvalue weighted by Crippen LogP contribution is -2.14. The summed E-state index contributed by atoms with van der Waals surface area (Å²) in [7, 11) is 0. The van der Waals surface area contributed by atoms with E-state index in [1.165, 1.54) is 0 Å². The molecule has 0 radical (unpaired) electrons. The average molecular weight is 334 g/mol. The molecule has 1 amide bonds. The molecule has 25 heavy (non-hydrogen) atoms. The first kappa shape index (κ1) is 16.9. The van der Waals surface area contributed by atoms with Crippen LogP contribution in [0.4, 0.5) is 5.82 Å². The highest BCUT2D eigenvalue weighted by Crippen LogP contribution is 2.13. The van der Waals surface area contributed by atoms with Crippen molar-refractivity contribution in [3.63, 3.8) is 0 Å². The van der Waals surface area contributed by atoms with E-state index in [2.05, 4.69) is 22.3 Å². The summed E-state index contributed by atoms with van der Waals surface area (Å²) in [6.45, 7) is 6.72. The van der Waals surface area contributed by atoms with Crippen LogP contribution in [0.5, 0.6) is 0 Å². The number of hydrogen-bond acceptors (Lipinski definition) is 3. The molecular weight excluding hydrogens is 312 g/mol. The van der Waals surface area contributed by atoms with Crippen LogP contribution >= 0.6 is 0 Å². The van der Waals surface area contributed by atoms with Crippen LogP contribution in [-0.2, 0) is 13.0 Å². The van der Waals surface area contributed by atoms with Gasteiger partial charge < -0.3 is 5.32 Å². The lowest BCUT2D eigenvalue weighted by atomic mass is 10.1. The number of pyridine rings is 1. The molecule has 0 bridgehead atoms. The predicted molar refractivity (Wildman–Crippen MR) is 98.8 cm³/mol. The van der Waals surface area contributed by atoms with Crippen LogP contribution in [0, 0.1) is 13.8 Å². The van der Waals surface area contributed by atoms with Crippen molar-refractivity contribution < 1.29 is 4.79 Å². The summed E-state index contributed by atoms with van der Waals surface area (Å²) in [5.41, 5.74) is 4.89. The maximum Gasteiger partial charge on any atom is 0.256 e. The number of anilines is 1. The number of carbonyl (C=O) groups is 1. The quantitative estimate of drug-likeness (QED) is 0.773. The van der Waals surface area contributed by atoms with E-state index in [0.717, 1.165) is 28.9 Å². The maximum atomic E-state index is 12.5. The van der Waals surface area contributed by atoms with E-state index in [1.54, 1.807) is 6.20 Å². The maximum absolute atomic E-state index is 12.5. The van der Waals surface area contributed by atoms with E-state index in [4.69, 9.17) is 0 Å². The normalized spacial score (nSPS) is 10.7. The smallest absolute Gasteiger partial charge is 0.256 e. The van der Waals surface area contributed by atoms with Gasteiger partial charge in [0.2, 0.25) is 0 Å². The molecule has 5 heteroatoms. The Morgan fingerprint density at radius 1 is 1.12 bits per heavy atom. The van der Waals surface area contributed by atoms with Gasteiger partial charge in [-0.25, -0.2) is 4.98 Å². The minimum absolute atomic E-state index is 0.157. The van der Waals surface area contributed by atoms with Gasteiger partial charge in [0.15, 0.2) is 0 Å². The topological polar surface area (TPSA) is 59.8 Å². The summed E-state index contributed by atoms with van der Waals surface area (Å²) in [6, 6.07) is 13.5. The van der Waals surface area contributed by atoms with E-state index < -0.39 is 0 Å². The van der Waals surface area contributed by atoms with Crippen molar-refractivity contribution in [1.29, 1.82) is 0 Å². The zero-order valence-corrected chi connectivity index (χ0v) is 14.8. The zero-order chi connectivity index (χ0) is 17.8. The van der Waals surface area contributed by atoms with E-state index >= 15 is 0 Å². The monoisotopic (exact) mass is 334 g/mol. The van der Waals surface area contributed by atoms with Crippen LogP contribution in [0.15, 0.2) is 48.7 Å². The molecule has 0 aliphatic heterocycles. The summed E-state index contributed by atoms with van der Waals surface area (Å²) in [6.07, 6.45) is 2.62. The Morgan fingerprint density at radius 3 is 2.68 bits per heavy atom. The van der Waals surface area contributed by atoms with Gasteiger partial charge in [0.05, 0.1) is 12.2 Å². The number of benzene rings is 1. The third kappa shape index (κ3) is 4.12. The molecule has 0 aliphatic carbocycles. The first-order chi connectivity index (χ1) is 12.0. The van der Waals surface area contributed by atoms with Gasteiger partial charge in [0.25, 0.3) is 5.91 Å². The number of nitrogens with zero attached hydrogens (tertiary/aromatic N) is 3. The van der Waals surface area contributed by atoms with E-state index in [9.17, 15) is 4.79 Å². The minimum atomic E-state index is -0.157. The van der Waals surface area contributed by atoms with Gasteiger partial charge in [-0.3, -0.25) is 9.48 Å². The standard InChI is InChI=1S/C20H22N4O/c1-4-16-8-9-21-19(12-16)22-20(25)18-7-5-6-17(11-18)13-24-15(3)10-14(2)23-24/h5-12H,4,13H2,1-3H3,(H,21,22,25). The number of rotatable bonds is 5. The molecule has 2 heterocycles. The summed E-state index contributed by atoms with van der Waals surface area (Å²) < 4.78 is 1.94. The van der Waals surface area contributed by atoms with Crippen LogP contribution in [0.2, 0.25) is 0 Å². The molecule has 1 aromatic carbocycles. The molecule has 128 valence electrons. The van der Waals surface area contributed by atoms with E-state index in [0.29, 0.717) is 17.9 Å². The minimum Gasteiger partial charge on any atom is -0.307 e. The number of aryl methyl sites for hydroxylation is 3. The zero-order valence-electron chi connectivity index (χ0n) is 14.8. The fraction of sp³-hybridized carbons (Fsp3) is 0.250. The fourth-order valence-corrected chi connectivity index (χ4v) is 2.77. The van der Waals surface area contributed by atoms with Crippen LogP contribution < -0.4 is 5.32 Å². The van der Waals surface area contributed by atoms with Crippen molar-refractivity contribution in [2.24, 2.45) is 0 Å². The number of nitrogens with one attached hydrogen (secondary N) is 1. The number of hydrogen-bond donors (Lipinski definition) is 1. The Hall–Kier alpha value is -2.95. The Labute approximate surface area is 147 Å². The van der Waals surface area contributed by atoms with E-state index in [-0.39, 0.29) is 5.91 Å². The molecule has 0 unspecified atom stereocenters. The molecule has 0 saturated carbocycles. The second-order valence-corrected chi connectivity index (χ2v) is 6.14. The molecule has 3 aromatic rings. The number of amides is 1. The fourth-order valence-electron chi connectivity index (χ4n) is 2.77. The predicted octanol–water partition coefficient (Wildman–Crippen LogP) is 3.76. The van der Waals surface area contributed by atoms with Crippen molar-refractivity contribution in [3.05, 3.63) is 76.7 Å². The second-order valence-electron chi connectivity index (χ2n) is 6.14. The van der Waals surface area contributed by atoms with Crippen LogP contribution in [0.25, 0.3) is 0 Å². The van der Waals surface area contributed by atoms with Gasteiger partial charge in [0, 0.05) is 17.5 Å². The lowest BCUT2D eigenvalue weighted by molar-refractivity contribution is 0.102. The molecule has 0 fully saturated rings.